The second-order valence-corrected chi connectivity index (χ2v) is 7.80. The maximum Gasteiger partial charge on any atom is 0.240 e. The molecule has 0 aliphatic heterocycles. The molecule has 0 heterocycles. The summed E-state index contributed by atoms with van der Waals surface area (Å²) in [5.41, 5.74) is 0.964. The van der Waals surface area contributed by atoms with Crippen molar-refractivity contribution in [1.29, 1.82) is 0 Å². The molecule has 0 aliphatic rings. The molecule has 1 rings (SSSR count). The molecule has 20 heavy (non-hydrogen) atoms. The summed E-state index contributed by atoms with van der Waals surface area (Å²) in [4.78, 5) is 0.324. The third-order valence-corrected chi connectivity index (χ3v) is 5.76. The highest BCUT2D eigenvalue weighted by molar-refractivity contribution is 7.99. The summed E-state index contributed by atoms with van der Waals surface area (Å²) in [5, 5.41) is 3.11. The molecule has 0 saturated heterocycles. The Bertz CT molecular complexity index is 518. The molecular weight excluding hydrogens is 292 g/mol. The van der Waals surface area contributed by atoms with Crippen LogP contribution in [0.2, 0.25) is 0 Å². The maximum absolute atomic E-state index is 12.3. The van der Waals surface area contributed by atoms with Crippen LogP contribution in [0.15, 0.2) is 29.2 Å². The van der Waals surface area contributed by atoms with Crippen LogP contribution < -0.4 is 10.0 Å². The van der Waals surface area contributed by atoms with E-state index in [1.54, 1.807) is 30.0 Å². The Morgan fingerprint density at radius 2 is 2.00 bits per heavy atom. The third-order valence-electron chi connectivity index (χ3n) is 3.03. The van der Waals surface area contributed by atoms with Crippen molar-refractivity contribution in [3.05, 3.63) is 29.8 Å². The van der Waals surface area contributed by atoms with Gasteiger partial charge in [-0.2, -0.15) is 11.8 Å². The zero-order valence-corrected chi connectivity index (χ0v) is 14.1. The predicted octanol–water partition coefficient (Wildman–Crippen LogP) is 2.39. The van der Waals surface area contributed by atoms with E-state index in [9.17, 15) is 8.42 Å². The minimum atomic E-state index is -3.45. The van der Waals surface area contributed by atoms with Gasteiger partial charge in [-0.3, -0.25) is 0 Å². The molecule has 1 aromatic rings. The molecule has 2 N–H and O–H groups in total. The van der Waals surface area contributed by atoms with Gasteiger partial charge in [0.1, 0.15) is 0 Å². The molecule has 2 atom stereocenters. The molecular formula is C14H24N2O2S2. The zero-order chi connectivity index (χ0) is 15.2. The van der Waals surface area contributed by atoms with Crippen LogP contribution in [0.25, 0.3) is 0 Å². The molecule has 0 spiro atoms. The average molecular weight is 316 g/mol. The Morgan fingerprint density at radius 3 is 2.60 bits per heavy atom. The summed E-state index contributed by atoms with van der Waals surface area (Å²) in [6, 6.07) is 7.12. The number of rotatable bonds is 8. The van der Waals surface area contributed by atoms with E-state index in [1.165, 1.54) is 0 Å². The standard InChI is InChI=1S/C14H24N2O2S2/c1-5-19-10-11(2)16-20(17,18)14-8-6-7-13(9-14)12(3)15-4/h6-9,11-12,15-16H,5,10H2,1-4H3. The molecule has 0 saturated carbocycles. The van der Waals surface area contributed by atoms with E-state index in [4.69, 9.17) is 0 Å². The first kappa shape index (κ1) is 17.5. The van der Waals surface area contributed by atoms with Crippen molar-refractivity contribution in [2.45, 2.75) is 37.8 Å². The third kappa shape index (κ3) is 5.09. The molecule has 2 unspecified atom stereocenters. The molecule has 0 radical (unpaired) electrons. The van der Waals surface area contributed by atoms with Gasteiger partial charge in [0, 0.05) is 17.8 Å². The molecule has 4 nitrogen and oxygen atoms in total. The first-order valence-electron chi connectivity index (χ1n) is 6.78. The highest BCUT2D eigenvalue weighted by Gasteiger charge is 2.18. The second kappa shape index (κ2) is 8.02. The van der Waals surface area contributed by atoms with Gasteiger partial charge in [-0.05, 0) is 44.3 Å². The molecule has 0 aromatic heterocycles. The van der Waals surface area contributed by atoms with Crippen LogP contribution in [0.1, 0.15) is 32.4 Å². The van der Waals surface area contributed by atoms with Crippen LogP contribution in [-0.4, -0.2) is 33.0 Å². The molecule has 6 heteroatoms. The van der Waals surface area contributed by atoms with Gasteiger partial charge in [0.25, 0.3) is 0 Å². The summed E-state index contributed by atoms with van der Waals surface area (Å²) in [5.74, 6) is 1.77. The van der Waals surface area contributed by atoms with E-state index in [1.807, 2.05) is 27.0 Å². The van der Waals surface area contributed by atoms with Gasteiger partial charge in [-0.25, -0.2) is 13.1 Å². The fourth-order valence-corrected chi connectivity index (χ4v) is 3.86. The number of nitrogens with one attached hydrogen (secondary N) is 2. The molecule has 1 aromatic carbocycles. The van der Waals surface area contributed by atoms with Crippen molar-refractivity contribution in [1.82, 2.24) is 10.0 Å². The minimum Gasteiger partial charge on any atom is -0.313 e. The largest absolute Gasteiger partial charge is 0.313 e. The van der Waals surface area contributed by atoms with E-state index in [0.29, 0.717) is 4.90 Å². The van der Waals surface area contributed by atoms with Gasteiger partial charge >= 0.3 is 0 Å². The maximum atomic E-state index is 12.3. The van der Waals surface area contributed by atoms with Crippen molar-refractivity contribution >= 4 is 21.8 Å². The van der Waals surface area contributed by atoms with E-state index in [0.717, 1.165) is 17.1 Å². The van der Waals surface area contributed by atoms with E-state index >= 15 is 0 Å². The summed E-state index contributed by atoms with van der Waals surface area (Å²) >= 11 is 1.73. The summed E-state index contributed by atoms with van der Waals surface area (Å²) in [6.07, 6.45) is 0. The summed E-state index contributed by atoms with van der Waals surface area (Å²) in [6.45, 7) is 5.95. The minimum absolute atomic E-state index is 0.0738. The first-order valence-corrected chi connectivity index (χ1v) is 9.41. The van der Waals surface area contributed by atoms with Gasteiger partial charge < -0.3 is 5.32 Å². The van der Waals surface area contributed by atoms with Gasteiger partial charge in [-0.1, -0.05) is 19.1 Å². The number of hydrogen-bond acceptors (Lipinski definition) is 4. The summed E-state index contributed by atoms with van der Waals surface area (Å²) < 4.78 is 27.4. The van der Waals surface area contributed by atoms with Gasteiger partial charge in [0.2, 0.25) is 10.0 Å². The highest BCUT2D eigenvalue weighted by Crippen LogP contribution is 2.17. The fourth-order valence-electron chi connectivity index (χ4n) is 1.78. The van der Waals surface area contributed by atoms with E-state index in [2.05, 4.69) is 17.0 Å². The van der Waals surface area contributed by atoms with Crippen molar-refractivity contribution in [3.63, 3.8) is 0 Å². The van der Waals surface area contributed by atoms with Gasteiger partial charge in [-0.15, -0.1) is 0 Å². The fraction of sp³-hybridized carbons (Fsp3) is 0.571. The van der Waals surface area contributed by atoms with Crippen molar-refractivity contribution in [3.8, 4) is 0 Å². The van der Waals surface area contributed by atoms with Crippen molar-refractivity contribution in [2.24, 2.45) is 0 Å². The van der Waals surface area contributed by atoms with Crippen molar-refractivity contribution in [2.75, 3.05) is 18.6 Å². The quantitative estimate of drug-likeness (QED) is 0.773. The van der Waals surface area contributed by atoms with Crippen molar-refractivity contribution < 1.29 is 8.42 Å². The molecule has 0 amide bonds. The Labute approximate surface area is 126 Å². The van der Waals surface area contributed by atoms with Crippen LogP contribution in [0.4, 0.5) is 0 Å². The van der Waals surface area contributed by atoms with Crippen LogP contribution in [-0.2, 0) is 10.0 Å². The Kier molecular flexibility index (Phi) is 7.02. The SMILES string of the molecule is CCSCC(C)NS(=O)(=O)c1cccc(C(C)NC)c1. The smallest absolute Gasteiger partial charge is 0.240 e. The first-order chi connectivity index (χ1) is 9.40. The molecule has 0 bridgehead atoms. The van der Waals surface area contributed by atoms with Gasteiger partial charge in [0.05, 0.1) is 4.90 Å². The lowest BCUT2D eigenvalue weighted by Crippen LogP contribution is -2.34. The van der Waals surface area contributed by atoms with Crippen LogP contribution in [0, 0.1) is 0 Å². The average Bonchev–Trinajstić information content (AvgIpc) is 2.44. The normalized spacial score (nSPS) is 15.0. The van der Waals surface area contributed by atoms with E-state index < -0.39 is 10.0 Å². The number of hydrogen-bond donors (Lipinski definition) is 2. The number of thioether (sulfide) groups is 1. The van der Waals surface area contributed by atoms with Crippen LogP contribution in [0.3, 0.4) is 0 Å². The monoisotopic (exact) mass is 316 g/mol. The van der Waals surface area contributed by atoms with Gasteiger partial charge in [0.15, 0.2) is 0 Å². The van der Waals surface area contributed by atoms with E-state index in [-0.39, 0.29) is 12.1 Å². The zero-order valence-electron chi connectivity index (χ0n) is 12.5. The van der Waals surface area contributed by atoms with Crippen LogP contribution in [0.5, 0.6) is 0 Å². The summed E-state index contributed by atoms with van der Waals surface area (Å²) in [7, 11) is -1.59. The highest BCUT2D eigenvalue weighted by atomic mass is 32.2. The topological polar surface area (TPSA) is 58.2 Å². The predicted molar refractivity (Wildman–Crippen MR) is 86.7 cm³/mol. The molecule has 0 aliphatic carbocycles. The lowest BCUT2D eigenvalue weighted by atomic mass is 10.1. The molecule has 114 valence electrons. The Balaban J connectivity index is 2.87. The lowest BCUT2D eigenvalue weighted by Gasteiger charge is -2.15. The molecule has 0 fully saturated rings. The number of benzene rings is 1. The Morgan fingerprint density at radius 1 is 1.30 bits per heavy atom. The van der Waals surface area contributed by atoms with Crippen LogP contribution >= 0.6 is 11.8 Å². The second-order valence-electron chi connectivity index (χ2n) is 4.76. The lowest BCUT2D eigenvalue weighted by molar-refractivity contribution is 0.570. The Hall–Kier alpha value is -0.560. The number of sulfonamides is 1.